The summed E-state index contributed by atoms with van der Waals surface area (Å²) in [6, 6.07) is 7.45. The summed E-state index contributed by atoms with van der Waals surface area (Å²) in [5, 5.41) is 0. The average Bonchev–Trinajstić information content (AvgIpc) is 2.38. The van der Waals surface area contributed by atoms with E-state index in [-0.39, 0.29) is 5.91 Å². The fourth-order valence-electron chi connectivity index (χ4n) is 2.08. The van der Waals surface area contributed by atoms with Crippen LogP contribution in [0.4, 0.5) is 5.69 Å². The minimum absolute atomic E-state index is 0.00501. The maximum Gasteiger partial charge on any atom is 0.238 e. The van der Waals surface area contributed by atoms with Gasteiger partial charge in [-0.25, -0.2) is 0 Å². The molecule has 0 aliphatic carbocycles. The van der Waals surface area contributed by atoms with Gasteiger partial charge in [0.25, 0.3) is 0 Å². The third-order valence-corrected chi connectivity index (χ3v) is 3.44. The highest BCUT2D eigenvalue weighted by molar-refractivity contribution is 5.98. The molecule has 0 saturated carbocycles. The van der Waals surface area contributed by atoms with Gasteiger partial charge in [0.1, 0.15) is 11.2 Å². The lowest BCUT2D eigenvalue weighted by Gasteiger charge is -2.41. The largest absolute Gasteiger partial charge is 0.494 e. The lowest BCUT2D eigenvalue weighted by atomic mass is 9.84. The number of rotatable bonds is 5. The van der Waals surface area contributed by atoms with Crippen molar-refractivity contribution < 1.29 is 14.3 Å². The van der Waals surface area contributed by atoms with E-state index in [4.69, 9.17) is 15.2 Å². The number of hydrogen-bond donors (Lipinski definition) is 1. The predicted molar refractivity (Wildman–Crippen MR) is 73.3 cm³/mol. The summed E-state index contributed by atoms with van der Waals surface area (Å²) in [6.45, 7) is 3.69. The Morgan fingerprint density at radius 3 is 2.47 bits per heavy atom. The van der Waals surface area contributed by atoms with Gasteiger partial charge < -0.3 is 20.1 Å². The first-order chi connectivity index (χ1) is 9.13. The smallest absolute Gasteiger partial charge is 0.238 e. The maximum absolute atomic E-state index is 12.4. The van der Waals surface area contributed by atoms with Crippen LogP contribution in [0.2, 0.25) is 0 Å². The van der Waals surface area contributed by atoms with Crippen molar-refractivity contribution in [2.45, 2.75) is 6.92 Å². The molecule has 1 aromatic rings. The number of nitrogens with zero attached hydrogens (tertiary/aromatic N) is 1. The molecule has 1 heterocycles. The van der Waals surface area contributed by atoms with Crippen LogP contribution in [0.5, 0.6) is 5.75 Å². The van der Waals surface area contributed by atoms with E-state index in [9.17, 15) is 4.79 Å². The third-order valence-electron chi connectivity index (χ3n) is 3.44. The number of anilines is 1. The first-order valence-corrected chi connectivity index (χ1v) is 6.42. The van der Waals surface area contributed by atoms with Crippen LogP contribution >= 0.6 is 0 Å². The summed E-state index contributed by atoms with van der Waals surface area (Å²) >= 11 is 0. The normalized spacial score (nSPS) is 16.6. The Kier molecular flexibility index (Phi) is 4.07. The fraction of sp³-hybridized carbons (Fsp3) is 0.500. The molecule has 104 valence electrons. The van der Waals surface area contributed by atoms with E-state index >= 15 is 0 Å². The molecule has 5 heteroatoms. The van der Waals surface area contributed by atoms with Crippen molar-refractivity contribution >= 4 is 11.6 Å². The van der Waals surface area contributed by atoms with Gasteiger partial charge in [0.2, 0.25) is 5.91 Å². The van der Waals surface area contributed by atoms with Crippen LogP contribution in [0.1, 0.15) is 6.92 Å². The topological polar surface area (TPSA) is 64.8 Å². The number of carbonyl (C=O) groups excluding carboxylic acids is 1. The third kappa shape index (κ3) is 2.57. The van der Waals surface area contributed by atoms with Gasteiger partial charge in [0, 0.05) is 19.3 Å². The van der Waals surface area contributed by atoms with Crippen LogP contribution in [0, 0.1) is 5.41 Å². The molecule has 0 bridgehead atoms. The molecule has 2 rings (SSSR count). The van der Waals surface area contributed by atoms with Crippen molar-refractivity contribution in [2.75, 3.05) is 38.3 Å². The first-order valence-electron chi connectivity index (χ1n) is 6.42. The number of ether oxygens (including phenoxy) is 2. The van der Waals surface area contributed by atoms with Crippen molar-refractivity contribution in [1.29, 1.82) is 0 Å². The fourth-order valence-corrected chi connectivity index (χ4v) is 2.08. The van der Waals surface area contributed by atoms with Gasteiger partial charge >= 0.3 is 0 Å². The summed E-state index contributed by atoms with van der Waals surface area (Å²) in [4.78, 5) is 14.1. The number of amides is 1. The zero-order valence-corrected chi connectivity index (χ0v) is 11.4. The number of benzene rings is 1. The van der Waals surface area contributed by atoms with Gasteiger partial charge in [-0.3, -0.25) is 4.79 Å². The molecule has 1 aromatic carbocycles. The zero-order chi connectivity index (χ0) is 13.9. The Morgan fingerprint density at radius 2 is 2.05 bits per heavy atom. The van der Waals surface area contributed by atoms with Crippen LogP contribution in [-0.4, -0.2) is 39.3 Å². The van der Waals surface area contributed by atoms with E-state index in [1.165, 1.54) is 0 Å². The van der Waals surface area contributed by atoms with Crippen LogP contribution in [0.25, 0.3) is 0 Å². The van der Waals surface area contributed by atoms with Crippen molar-refractivity contribution in [3.8, 4) is 5.75 Å². The van der Waals surface area contributed by atoms with Gasteiger partial charge in [0.15, 0.2) is 0 Å². The van der Waals surface area contributed by atoms with Crippen LogP contribution < -0.4 is 15.4 Å². The van der Waals surface area contributed by atoms with Crippen molar-refractivity contribution in [3.63, 3.8) is 0 Å². The highest BCUT2D eigenvalue weighted by Gasteiger charge is 2.46. The van der Waals surface area contributed by atoms with Crippen molar-refractivity contribution in [1.82, 2.24) is 0 Å². The van der Waals surface area contributed by atoms with E-state index < -0.39 is 5.41 Å². The van der Waals surface area contributed by atoms with E-state index in [0.29, 0.717) is 26.4 Å². The lowest BCUT2D eigenvalue weighted by molar-refractivity contribution is -0.156. The van der Waals surface area contributed by atoms with Crippen LogP contribution in [0.15, 0.2) is 24.3 Å². The molecule has 1 amide bonds. The van der Waals surface area contributed by atoms with E-state index in [0.717, 1.165) is 11.4 Å². The minimum Gasteiger partial charge on any atom is -0.494 e. The average molecular weight is 264 g/mol. The molecule has 0 radical (unpaired) electrons. The summed E-state index contributed by atoms with van der Waals surface area (Å²) in [7, 11) is 1.76. The quantitative estimate of drug-likeness (QED) is 0.862. The van der Waals surface area contributed by atoms with E-state index in [2.05, 4.69) is 0 Å². The molecule has 1 aliphatic rings. The molecule has 0 spiro atoms. The molecular formula is C14H20N2O3. The summed E-state index contributed by atoms with van der Waals surface area (Å²) in [5.74, 6) is 0.804. The van der Waals surface area contributed by atoms with Crippen LogP contribution in [-0.2, 0) is 9.53 Å². The molecule has 0 atom stereocenters. The van der Waals surface area contributed by atoms with E-state index in [1.807, 2.05) is 31.2 Å². The second-order valence-electron chi connectivity index (χ2n) is 4.77. The molecule has 1 saturated heterocycles. The molecule has 2 N–H and O–H groups in total. The molecule has 5 nitrogen and oxygen atoms in total. The van der Waals surface area contributed by atoms with Gasteiger partial charge in [-0.2, -0.15) is 0 Å². The second-order valence-corrected chi connectivity index (χ2v) is 4.77. The summed E-state index contributed by atoms with van der Waals surface area (Å²) < 4.78 is 10.5. The molecule has 0 unspecified atom stereocenters. The highest BCUT2D eigenvalue weighted by Crippen LogP contribution is 2.30. The standard InChI is InChI=1S/C14H20N2O3/c1-3-19-12-6-4-11(5-7-12)16(2)13(17)14(8-15)9-18-10-14/h4-7H,3,8-10,15H2,1-2H3. The highest BCUT2D eigenvalue weighted by atomic mass is 16.5. The Morgan fingerprint density at radius 1 is 1.42 bits per heavy atom. The molecule has 1 aliphatic heterocycles. The maximum atomic E-state index is 12.4. The number of nitrogens with two attached hydrogens (primary N) is 1. The second kappa shape index (κ2) is 5.59. The predicted octanol–water partition coefficient (Wildman–Crippen LogP) is 1.02. The van der Waals surface area contributed by atoms with Crippen molar-refractivity contribution in [3.05, 3.63) is 24.3 Å². The monoisotopic (exact) mass is 264 g/mol. The molecule has 0 aromatic heterocycles. The summed E-state index contributed by atoms with van der Waals surface area (Å²) in [5.41, 5.74) is 5.98. The van der Waals surface area contributed by atoms with Crippen LogP contribution in [0.3, 0.4) is 0 Å². The Bertz CT molecular complexity index is 435. The first kappa shape index (κ1) is 13.8. The number of carbonyl (C=O) groups is 1. The Labute approximate surface area is 113 Å². The van der Waals surface area contributed by atoms with E-state index in [1.54, 1.807) is 11.9 Å². The van der Waals surface area contributed by atoms with Gasteiger partial charge in [-0.15, -0.1) is 0 Å². The van der Waals surface area contributed by atoms with Gasteiger partial charge in [-0.1, -0.05) is 0 Å². The summed E-state index contributed by atoms with van der Waals surface area (Å²) in [6.07, 6.45) is 0. The SMILES string of the molecule is CCOc1ccc(N(C)C(=O)C2(CN)COC2)cc1. The Hall–Kier alpha value is -1.59. The van der Waals surface area contributed by atoms with Crippen molar-refractivity contribution in [2.24, 2.45) is 11.1 Å². The molecular weight excluding hydrogens is 244 g/mol. The molecule has 19 heavy (non-hydrogen) atoms. The lowest BCUT2D eigenvalue weighted by Crippen LogP contribution is -2.58. The van der Waals surface area contributed by atoms with Gasteiger partial charge in [-0.05, 0) is 31.2 Å². The minimum atomic E-state index is -0.548. The van der Waals surface area contributed by atoms with Gasteiger partial charge in [0.05, 0.1) is 19.8 Å². The Balaban J connectivity index is 2.10. The zero-order valence-electron chi connectivity index (χ0n) is 11.4. The number of hydrogen-bond acceptors (Lipinski definition) is 4. The molecule has 1 fully saturated rings.